The summed E-state index contributed by atoms with van der Waals surface area (Å²) < 4.78 is 86.7. The minimum atomic E-state index is -4.70. The molecule has 0 N–H and O–H groups in total. The van der Waals surface area contributed by atoms with Crippen molar-refractivity contribution in [2.45, 2.75) is 18.8 Å². The van der Waals surface area contributed by atoms with E-state index in [1.807, 2.05) is 0 Å². The van der Waals surface area contributed by atoms with Gasteiger partial charge in [0.15, 0.2) is 0 Å². The van der Waals surface area contributed by atoms with Gasteiger partial charge in [0.05, 0.1) is 6.42 Å². The molecule has 0 radical (unpaired) electrons. The molecule has 3 nitrogen and oxygen atoms in total. The summed E-state index contributed by atoms with van der Waals surface area (Å²) >= 11 is 0. The SMILES string of the molecule is O=[P+](OCCC(F)(F)F)OCC(F)(F)F. The summed E-state index contributed by atoms with van der Waals surface area (Å²) in [7, 11) is -3.17. The average molecular weight is 259 g/mol. The van der Waals surface area contributed by atoms with Crippen LogP contribution in [-0.2, 0) is 13.6 Å². The van der Waals surface area contributed by atoms with E-state index < -0.39 is 40.2 Å². The van der Waals surface area contributed by atoms with Gasteiger partial charge in [0.25, 0.3) is 0 Å². The molecule has 0 aliphatic heterocycles. The maximum Gasteiger partial charge on any atom is 0.697 e. The lowest BCUT2D eigenvalue weighted by Gasteiger charge is -2.01. The molecule has 0 heterocycles. The highest BCUT2D eigenvalue weighted by atomic mass is 31.1. The fourth-order valence-corrected chi connectivity index (χ4v) is 0.966. The summed E-state index contributed by atoms with van der Waals surface area (Å²) in [5.74, 6) is 0. The van der Waals surface area contributed by atoms with Gasteiger partial charge in [-0.15, -0.1) is 9.05 Å². The van der Waals surface area contributed by atoms with Gasteiger partial charge in [-0.1, -0.05) is 0 Å². The number of rotatable bonds is 5. The monoisotopic (exact) mass is 259 g/mol. The molecule has 0 saturated carbocycles. The van der Waals surface area contributed by atoms with E-state index in [1.54, 1.807) is 0 Å². The van der Waals surface area contributed by atoms with Crippen molar-refractivity contribution in [3.8, 4) is 0 Å². The zero-order chi connectivity index (χ0) is 12.1. The van der Waals surface area contributed by atoms with Crippen LogP contribution in [0.15, 0.2) is 0 Å². The van der Waals surface area contributed by atoms with Crippen LogP contribution in [0.1, 0.15) is 6.42 Å². The first-order valence-corrected chi connectivity index (χ1v) is 4.56. The van der Waals surface area contributed by atoms with Crippen molar-refractivity contribution in [1.82, 2.24) is 0 Å². The Hall–Kier alpha value is -0.400. The largest absolute Gasteiger partial charge is 0.697 e. The summed E-state index contributed by atoms with van der Waals surface area (Å²) in [5.41, 5.74) is 0. The van der Waals surface area contributed by atoms with Crippen molar-refractivity contribution in [3.63, 3.8) is 0 Å². The maximum atomic E-state index is 11.5. The van der Waals surface area contributed by atoms with E-state index in [0.29, 0.717) is 0 Å². The van der Waals surface area contributed by atoms with E-state index >= 15 is 0 Å². The molecular formula is C5H6F6O3P+. The Kier molecular flexibility index (Phi) is 5.47. The quantitative estimate of drug-likeness (QED) is 0.561. The zero-order valence-electron chi connectivity index (χ0n) is 7.06. The molecule has 1 unspecified atom stereocenters. The maximum absolute atomic E-state index is 11.5. The van der Waals surface area contributed by atoms with Crippen LogP contribution in [0.3, 0.4) is 0 Å². The normalized spacial score (nSPS) is 14.1. The Morgan fingerprint density at radius 2 is 1.47 bits per heavy atom. The molecule has 1 atom stereocenters. The molecule has 0 saturated heterocycles. The molecule has 10 heteroatoms. The third kappa shape index (κ3) is 11.5. The predicted molar refractivity (Wildman–Crippen MR) is 36.2 cm³/mol. The third-order valence-corrected chi connectivity index (χ3v) is 1.65. The highest BCUT2D eigenvalue weighted by Gasteiger charge is 2.36. The molecule has 0 aromatic carbocycles. The molecule has 0 aliphatic rings. The van der Waals surface area contributed by atoms with Gasteiger partial charge < -0.3 is 0 Å². The third-order valence-electron chi connectivity index (χ3n) is 0.916. The van der Waals surface area contributed by atoms with Gasteiger partial charge >= 0.3 is 20.6 Å². The van der Waals surface area contributed by atoms with E-state index in [2.05, 4.69) is 9.05 Å². The molecular weight excluding hydrogens is 253 g/mol. The van der Waals surface area contributed by atoms with Gasteiger partial charge in [0.1, 0.15) is 6.61 Å². The van der Waals surface area contributed by atoms with Crippen molar-refractivity contribution in [2.24, 2.45) is 0 Å². The Bertz CT molecular complexity index is 212. The lowest BCUT2D eigenvalue weighted by molar-refractivity contribution is -0.156. The van der Waals surface area contributed by atoms with Gasteiger partial charge in [-0.25, -0.2) is 0 Å². The van der Waals surface area contributed by atoms with Gasteiger partial charge in [0.2, 0.25) is 6.61 Å². The highest BCUT2D eigenvalue weighted by molar-refractivity contribution is 7.33. The van der Waals surface area contributed by atoms with Crippen LogP contribution in [0.2, 0.25) is 0 Å². The van der Waals surface area contributed by atoms with Crippen LogP contribution in [0.25, 0.3) is 0 Å². The van der Waals surface area contributed by atoms with Crippen LogP contribution < -0.4 is 0 Å². The molecule has 0 amide bonds. The van der Waals surface area contributed by atoms with E-state index in [-0.39, 0.29) is 0 Å². The second-order valence-corrected chi connectivity index (χ2v) is 3.27. The summed E-state index contributed by atoms with van der Waals surface area (Å²) in [6, 6.07) is 0. The van der Waals surface area contributed by atoms with Crippen molar-refractivity contribution in [2.75, 3.05) is 13.2 Å². The highest BCUT2D eigenvalue weighted by Crippen LogP contribution is 2.29. The number of alkyl halides is 6. The topological polar surface area (TPSA) is 35.5 Å². The van der Waals surface area contributed by atoms with Gasteiger partial charge in [-0.3, -0.25) is 0 Å². The summed E-state index contributed by atoms with van der Waals surface area (Å²) in [6.45, 7) is -2.83. The summed E-state index contributed by atoms with van der Waals surface area (Å²) in [5, 5.41) is 0. The van der Waals surface area contributed by atoms with Gasteiger partial charge in [-0.05, 0) is 0 Å². The molecule has 0 aromatic rings. The van der Waals surface area contributed by atoms with Crippen molar-refractivity contribution in [3.05, 3.63) is 0 Å². The lowest BCUT2D eigenvalue weighted by atomic mass is 10.5. The Balaban J connectivity index is 3.60. The molecule has 0 aromatic heterocycles. The van der Waals surface area contributed by atoms with Crippen LogP contribution in [0.4, 0.5) is 26.3 Å². The zero-order valence-corrected chi connectivity index (χ0v) is 7.96. The van der Waals surface area contributed by atoms with E-state index in [1.165, 1.54) is 0 Å². The lowest BCUT2D eigenvalue weighted by Crippen LogP contribution is -2.15. The van der Waals surface area contributed by atoms with Crippen LogP contribution in [0, 0.1) is 0 Å². The smallest absolute Gasteiger partial charge is 0.171 e. The number of hydrogen-bond donors (Lipinski definition) is 0. The first-order chi connectivity index (χ1) is 6.60. The van der Waals surface area contributed by atoms with Crippen LogP contribution in [0.5, 0.6) is 0 Å². The Labute approximate surface area is 81.3 Å². The molecule has 0 fully saturated rings. The van der Waals surface area contributed by atoms with Gasteiger partial charge in [0, 0.05) is 4.57 Å². The Morgan fingerprint density at radius 3 is 1.87 bits per heavy atom. The predicted octanol–water partition coefficient (Wildman–Crippen LogP) is 3.19. The Morgan fingerprint density at radius 1 is 0.933 bits per heavy atom. The molecule has 15 heavy (non-hydrogen) atoms. The minimum Gasteiger partial charge on any atom is -0.171 e. The van der Waals surface area contributed by atoms with E-state index in [4.69, 9.17) is 0 Å². The molecule has 90 valence electrons. The van der Waals surface area contributed by atoms with E-state index in [9.17, 15) is 30.9 Å². The average Bonchev–Trinajstić information content (AvgIpc) is 1.97. The number of halogens is 6. The van der Waals surface area contributed by atoms with E-state index in [0.717, 1.165) is 0 Å². The second-order valence-electron chi connectivity index (χ2n) is 2.31. The van der Waals surface area contributed by atoms with Gasteiger partial charge in [-0.2, -0.15) is 26.3 Å². The minimum absolute atomic E-state index is 1.00. The molecule has 0 aliphatic carbocycles. The molecule has 0 rings (SSSR count). The second kappa shape index (κ2) is 5.62. The molecule has 0 bridgehead atoms. The van der Waals surface area contributed by atoms with Crippen molar-refractivity contribution >= 4 is 8.25 Å². The van der Waals surface area contributed by atoms with Crippen molar-refractivity contribution < 1.29 is 40.0 Å². The first-order valence-electron chi connectivity index (χ1n) is 3.47. The fourth-order valence-electron chi connectivity index (χ4n) is 0.399. The fraction of sp³-hybridized carbons (Fsp3) is 1.00. The van der Waals surface area contributed by atoms with Crippen LogP contribution >= 0.6 is 8.25 Å². The van der Waals surface area contributed by atoms with Crippen LogP contribution in [-0.4, -0.2) is 25.6 Å². The summed E-state index contributed by atoms with van der Waals surface area (Å²) in [6.07, 6.45) is -10.6. The summed E-state index contributed by atoms with van der Waals surface area (Å²) in [4.78, 5) is 0. The number of hydrogen-bond acceptors (Lipinski definition) is 3. The molecule has 0 spiro atoms. The standard InChI is InChI=1S/C5H6F6O3P/c6-4(7,8)1-2-13-15(12)14-3-5(9,10)11/h1-3H2/q+1. The first kappa shape index (κ1) is 14.6. The van der Waals surface area contributed by atoms with Crippen molar-refractivity contribution in [1.29, 1.82) is 0 Å².